The van der Waals surface area contributed by atoms with Gasteiger partial charge in [0, 0.05) is 37.4 Å². The van der Waals surface area contributed by atoms with Gasteiger partial charge in [0.2, 0.25) is 21.6 Å². The first-order valence-electron chi connectivity index (χ1n) is 9.78. The largest absolute Gasteiger partial charge is 0.377 e. The number of likely N-dealkylation sites (tertiary alicyclic amines) is 1. The number of fused-ring (bicyclic) bond motifs is 1. The smallest absolute Gasteiger partial charge is 0.246 e. The fraction of sp³-hybridized carbons (Fsp3) is 0.500. The Bertz CT molecular complexity index is 926. The summed E-state index contributed by atoms with van der Waals surface area (Å²) < 4.78 is 34.3. The van der Waals surface area contributed by atoms with Gasteiger partial charge in [0.05, 0.1) is 6.10 Å². The lowest BCUT2D eigenvalue weighted by molar-refractivity contribution is 0.0939. The van der Waals surface area contributed by atoms with Crippen LogP contribution >= 0.6 is 0 Å². The zero-order chi connectivity index (χ0) is 19.7. The summed E-state index contributed by atoms with van der Waals surface area (Å²) in [5.41, 5.74) is 0.431. The molecule has 0 bridgehead atoms. The van der Waals surface area contributed by atoms with Gasteiger partial charge < -0.3 is 9.64 Å². The highest BCUT2D eigenvalue weighted by Crippen LogP contribution is 2.32. The fourth-order valence-corrected chi connectivity index (χ4v) is 5.45. The standard InChI is InChI=1S/C20H24N2O5S/c23-18-15-8-2-3-9-16(15)19(24)20(17(18)22-10-4-1-5-11-22)28(25,26)21-13-14-7-6-12-27-14/h2-3,8-9,14,21H,1,4-7,10-13H2. The maximum Gasteiger partial charge on any atom is 0.246 e. The minimum Gasteiger partial charge on any atom is -0.377 e. The van der Waals surface area contributed by atoms with Gasteiger partial charge >= 0.3 is 0 Å². The quantitative estimate of drug-likeness (QED) is 0.805. The summed E-state index contributed by atoms with van der Waals surface area (Å²) in [5, 5.41) is 0. The molecule has 28 heavy (non-hydrogen) atoms. The van der Waals surface area contributed by atoms with Gasteiger partial charge in [-0.3, -0.25) is 9.59 Å². The van der Waals surface area contributed by atoms with Crippen molar-refractivity contribution >= 4 is 21.6 Å². The molecule has 1 atom stereocenters. The molecule has 2 saturated heterocycles. The van der Waals surface area contributed by atoms with E-state index in [2.05, 4.69) is 4.72 Å². The summed E-state index contributed by atoms with van der Waals surface area (Å²) in [7, 11) is -4.16. The summed E-state index contributed by atoms with van der Waals surface area (Å²) in [6, 6.07) is 6.42. The number of hydrogen-bond donors (Lipinski definition) is 1. The number of carbonyl (C=O) groups excluding carboxylic acids is 2. The minimum absolute atomic E-state index is 0.0169. The number of Topliss-reactive ketones (excluding diaryl/α,β-unsaturated/α-hetero) is 2. The maximum atomic E-state index is 13.2. The first kappa shape index (κ1) is 19.3. The van der Waals surface area contributed by atoms with E-state index in [4.69, 9.17) is 4.74 Å². The predicted molar refractivity (Wildman–Crippen MR) is 103 cm³/mol. The molecule has 0 saturated carbocycles. The number of allylic oxidation sites excluding steroid dienone is 2. The van der Waals surface area contributed by atoms with E-state index in [1.54, 1.807) is 23.1 Å². The van der Waals surface area contributed by atoms with Crippen molar-refractivity contribution in [3.8, 4) is 0 Å². The van der Waals surface area contributed by atoms with E-state index < -0.39 is 26.5 Å². The van der Waals surface area contributed by atoms with Gasteiger partial charge in [0.15, 0.2) is 4.91 Å². The van der Waals surface area contributed by atoms with Crippen LogP contribution in [-0.4, -0.2) is 57.2 Å². The molecule has 1 aromatic carbocycles. The van der Waals surface area contributed by atoms with Crippen LogP contribution in [0.1, 0.15) is 52.8 Å². The van der Waals surface area contributed by atoms with Crippen molar-refractivity contribution in [2.24, 2.45) is 0 Å². The highest BCUT2D eigenvalue weighted by Gasteiger charge is 2.41. The van der Waals surface area contributed by atoms with E-state index >= 15 is 0 Å². The van der Waals surface area contributed by atoms with E-state index in [9.17, 15) is 18.0 Å². The monoisotopic (exact) mass is 404 g/mol. The van der Waals surface area contributed by atoms with Gasteiger partial charge in [-0.15, -0.1) is 0 Å². The summed E-state index contributed by atoms with van der Waals surface area (Å²) in [6.07, 6.45) is 4.22. The van der Waals surface area contributed by atoms with Crippen LogP contribution in [0.5, 0.6) is 0 Å². The maximum absolute atomic E-state index is 13.2. The Morgan fingerprint density at radius 2 is 1.68 bits per heavy atom. The zero-order valence-corrected chi connectivity index (χ0v) is 16.5. The number of rotatable bonds is 5. The number of benzene rings is 1. The minimum atomic E-state index is -4.16. The third-order valence-corrected chi connectivity index (χ3v) is 6.98. The number of hydrogen-bond acceptors (Lipinski definition) is 6. The lowest BCUT2D eigenvalue weighted by atomic mass is 9.91. The van der Waals surface area contributed by atoms with Crippen molar-refractivity contribution in [3.05, 3.63) is 46.0 Å². The molecule has 3 aliphatic rings. The number of sulfonamides is 1. The molecule has 2 heterocycles. The van der Waals surface area contributed by atoms with Gasteiger partial charge in [-0.2, -0.15) is 0 Å². The number of carbonyl (C=O) groups is 2. The van der Waals surface area contributed by atoms with Crippen LogP contribution in [0, 0.1) is 0 Å². The van der Waals surface area contributed by atoms with E-state index in [1.807, 2.05) is 0 Å². The van der Waals surface area contributed by atoms with Gasteiger partial charge in [-0.25, -0.2) is 13.1 Å². The van der Waals surface area contributed by atoms with Gasteiger partial charge in [0.1, 0.15) is 5.70 Å². The molecule has 1 N–H and O–H groups in total. The molecule has 0 spiro atoms. The summed E-state index contributed by atoms with van der Waals surface area (Å²) in [4.78, 5) is 27.7. The topological polar surface area (TPSA) is 92.8 Å². The average Bonchev–Trinajstić information content (AvgIpc) is 3.23. The van der Waals surface area contributed by atoms with Crippen molar-refractivity contribution in [2.75, 3.05) is 26.2 Å². The number of nitrogens with zero attached hydrogens (tertiary/aromatic N) is 1. The Morgan fingerprint density at radius 3 is 2.32 bits per heavy atom. The Kier molecular flexibility index (Phi) is 5.35. The third-order valence-electron chi connectivity index (χ3n) is 5.52. The molecule has 2 aliphatic heterocycles. The van der Waals surface area contributed by atoms with Gasteiger partial charge in [0.25, 0.3) is 0 Å². The number of ketones is 2. The van der Waals surface area contributed by atoms with Crippen LogP contribution in [0.2, 0.25) is 0 Å². The summed E-state index contributed by atoms with van der Waals surface area (Å²) >= 11 is 0. The van der Waals surface area contributed by atoms with Crippen LogP contribution in [0.25, 0.3) is 0 Å². The molecule has 0 aromatic heterocycles. The second-order valence-electron chi connectivity index (χ2n) is 7.42. The first-order valence-corrected chi connectivity index (χ1v) is 11.3. The molecule has 0 amide bonds. The van der Waals surface area contributed by atoms with E-state index in [1.165, 1.54) is 6.07 Å². The molecular formula is C20H24N2O5S. The lowest BCUT2D eigenvalue weighted by Gasteiger charge is -2.33. The summed E-state index contributed by atoms with van der Waals surface area (Å²) in [5.74, 6) is -1.01. The predicted octanol–water partition coefficient (Wildman–Crippen LogP) is 1.86. The van der Waals surface area contributed by atoms with Crippen LogP contribution in [0.4, 0.5) is 0 Å². The molecule has 7 nitrogen and oxygen atoms in total. The Balaban J connectivity index is 1.76. The molecule has 1 aliphatic carbocycles. The van der Waals surface area contributed by atoms with Gasteiger partial charge in [-0.05, 0) is 32.1 Å². The highest BCUT2D eigenvalue weighted by molar-refractivity contribution is 7.94. The second kappa shape index (κ2) is 7.77. The molecule has 1 aromatic rings. The fourth-order valence-electron chi connectivity index (χ4n) is 4.07. The van der Waals surface area contributed by atoms with E-state index in [0.29, 0.717) is 19.7 Å². The molecule has 8 heteroatoms. The molecule has 2 fully saturated rings. The molecular weight excluding hydrogens is 380 g/mol. The molecule has 0 radical (unpaired) electrons. The van der Waals surface area contributed by atoms with Crippen LogP contribution in [0.15, 0.2) is 34.9 Å². The Morgan fingerprint density at radius 1 is 1.00 bits per heavy atom. The molecule has 150 valence electrons. The number of piperidine rings is 1. The number of nitrogens with one attached hydrogen (secondary N) is 1. The van der Waals surface area contributed by atoms with E-state index in [0.717, 1.165) is 32.1 Å². The Labute approximate surface area is 164 Å². The average molecular weight is 404 g/mol. The van der Waals surface area contributed by atoms with Crippen molar-refractivity contribution in [1.29, 1.82) is 0 Å². The summed E-state index contributed by atoms with van der Waals surface area (Å²) in [6.45, 7) is 1.85. The SMILES string of the molecule is O=C1C(N2CCCCC2)=C(S(=O)(=O)NCC2CCCO2)C(=O)c2ccccc21. The van der Waals surface area contributed by atoms with Crippen LogP contribution < -0.4 is 4.72 Å². The van der Waals surface area contributed by atoms with Crippen LogP contribution in [0.3, 0.4) is 0 Å². The van der Waals surface area contributed by atoms with Crippen molar-refractivity contribution in [1.82, 2.24) is 9.62 Å². The number of ether oxygens (including phenoxy) is 1. The third kappa shape index (κ3) is 3.52. The normalized spacial score (nSPS) is 23.3. The lowest BCUT2D eigenvalue weighted by Crippen LogP contribution is -2.42. The second-order valence-corrected chi connectivity index (χ2v) is 9.12. The van der Waals surface area contributed by atoms with Crippen LogP contribution in [-0.2, 0) is 14.8 Å². The molecule has 4 rings (SSSR count). The zero-order valence-electron chi connectivity index (χ0n) is 15.6. The van der Waals surface area contributed by atoms with Gasteiger partial charge in [-0.1, -0.05) is 24.3 Å². The first-order chi connectivity index (χ1) is 13.5. The van der Waals surface area contributed by atoms with Crippen molar-refractivity contribution in [2.45, 2.75) is 38.2 Å². The van der Waals surface area contributed by atoms with Crippen molar-refractivity contribution in [3.63, 3.8) is 0 Å². The highest BCUT2D eigenvalue weighted by atomic mass is 32.2. The van der Waals surface area contributed by atoms with Crippen molar-refractivity contribution < 1.29 is 22.7 Å². The molecule has 1 unspecified atom stereocenters. The Hall–Kier alpha value is -2.03. The van der Waals surface area contributed by atoms with E-state index in [-0.39, 0.29) is 29.5 Å².